The number of hydrogen-bond donors (Lipinski definition) is 1. The number of anilines is 1. The molecule has 154 valence electrons. The molecule has 0 aliphatic carbocycles. The largest absolute Gasteiger partial charge is 0.383 e. The first-order chi connectivity index (χ1) is 14.4. The summed E-state index contributed by atoms with van der Waals surface area (Å²) in [6, 6.07) is 13.8. The zero-order chi connectivity index (χ0) is 21.7. The number of rotatable bonds is 7. The van der Waals surface area contributed by atoms with E-state index in [0.717, 1.165) is 28.1 Å². The van der Waals surface area contributed by atoms with Crippen LogP contribution >= 0.6 is 11.3 Å². The molecule has 5 nitrogen and oxygen atoms in total. The Labute approximate surface area is 181 Å². The predicted octanol–water partition coefficient (Wildman–Crippen LogP) is 5.59. The third-order valence-electron chi connectivity index (χ3n) is 5.01. The van der Waals surface area contributed by atoms with Crippen LogP contribution < -0.4 is 5.32 Å². The van der Waals surface area contributed by atoms with Gasteiger partial charge in [-0.15, -0.1) is 0 Å². The molecule has 1 aromatic carbocycles. The molecule has 0 bridgehead atoms. The van der Waals surface area contributed by atoms with E-state index in [1.54, 1.807) is 24.5 Å². The first-order valence-corrected chi connectivity index (χ1v) is 10.6. The second kappa shape index (κ2) is 9.57. The van der Waals surface area contributed by atoms with Crippen LogP contribution in [0.1, 0.15) is 29.9 Å². The summed E-state index contributed by atoms with van der Waals surface area (Å²) in [5.74, 6) is -0.422. The first-order valence-electron chi connectivity index (χ1n) is 9.67. The maximum absolute atomic E-state index is 12.8. The Morgan fingerprint density at radius 2 is 2.10 bits per heavy atom. The summed E-state index contributed by atoms with van der Waals surface area (Å²) >= 11 is 1.62. The molecular weight excluding hydrogens is 394 g/mol. The summed E-state index contributed by atoms with van der Waals surface area (Å²) in [4.78, 5) is 12.8. The zero-order valence-electron chi connectivity index (χ0n) is 17.6. The van der Waals surface area contributed by atoms with Crippen molar-refractivity contribution in [3.05, 3.63) is 69.7 Å². The van der Waals surface area contributed by atoms with Crippen molar-refractivity contribution in [3.8, 4) is 17.2 Å². The van der Waals surface area contributed by atoms with Gasteiger partial charge in [-0.25, -0.2) is 0 Å². The highest BCUT2D eigenvalue weighted by Gasteiger charge is 2.16. The average molecular weight is 420 g/mol. The molecule has 3 rings (SSSR count). The Kier molecular flexibility index (Phi) is 6.88. The van der Waals surface area contributed by atoms with Gasteiger partial charge in [0.2, 0.25) is 0 Å². The number of ether oxygens (including phenoxy) is 1. The Hall–Kier alpha value is -3.14. The Balaban J connectivity index is 1.84. The van der Waals surface area contributed by atoms with E-state index in [2.05, 4.69) is 22.2 Å². The number of methoxy groups -OCH3 is 1. The minimum absolute atomic E-state index is 0.0654. The van der Waals surface area contributed by atoms with Gasteiger partial charge in [-0.1, -0.05) is 12.1 Å². The number of benzene rings is 1. The molecule has 1 amide bonds. The van der Waals surface area contributed by atoms with Gasteiger partial charge < -0.3 is 14.6 Å². The van der Waals surface area contributed by atoms with Gasteiger partial charge in [0.25, 0.3) is 5.91 Å². The quantitative estimate of drug-likeness (QED) is 0.401. The predicted molar refractivity (Wildman–Crippen MR) is 122 cm³/mol. The molecule has 1 unspecified atom stereocenters. The van der Waals surface area contributed by atoms with Crippen molar-refractivity contribution in [2.24, 2.45) is 0 Å². The smallest absolute Gasteiger partial charge is 0.266 e. The molecule has 0 aliphatic rings. The Bertz CT molecular complexity index is 1100. The van der Waals surface area contributed by atoms with E-state index < -0.39 is 5.91 Å². The van der Waals surface area contributed by atoms with Crippen molar-refractivity contribution < 1.29 is 9.53 Å². The van der Waals surface area contributed by atoms with Crippen LogP contribution in [-0.4, -0.2) is 24.2 Å². The van der Waals surface area contributed by atoms with Gasteiger partial charge in [0, 0.05) is 24.2 Å². The molecule has 0 fully saturated rings. The molecule has 30 heavy (non-hydrogen) atoms. The van der Waals surface area contributed by atoms with Gasteiger partial charge in [-0.05, 0) is 78.6 Å². The highest BCUT2D eigenvalue weighted by Crippen LogP contribution is 2.26. The maximum Gasteiger partial charge on any atom is 0.266 e. The molecule has 6 heteroatoms. The van der Waals surface area contributed by atoms with E-state index in [1.807, 2.05) is 61.7 Å². The molecule has 1 atom stereocenters. The molecular formula is C24H25N3O2S. The van der Waals surface area contributed by atoms with E-state index in [4.69, 9.17) is 4.74 Å². The van der Waals surface area contributed by atoms with Gasteiger partial charge in [0.05, 0.1) is 12.6 Å². The van der Waals surface area contributed by atoms with Crippen LogP contribution in [-0.2, 0) is 9.53 Å². The van der Waals surface area contributed by atoms with Crippen molar-refractivity contribution >= 4 is 29.0 Å². The maximum atomic E-state index is 12.8. The van der Waals surface area contributed by atoms with E-state index >= 15 is 0 Å². The molecule has 0 saturated heterocycles. The van der Waals surface area contributed by atoms with E-state index in [1.165, 1.54) is 0 Å². The highest BCUT2D eigenvalue weighted by atomic mass is 32.1. The minimum atomic E-state index is -0.422. The SMILES string of the molecule is COCC(C)n1c(C)cc(/C=C(/C#N)C(=O)Nc2cccc(-c3ccsc3)c2)c1C. The first kappa shape index (κ1) is 21.6. The number of aromatic nitrogens is 1. The number of carbonyl (C=O) groups excluding carboxylic acids is 1. The van der Waals surface area contributed by atoms with Crippen molar-refractivity contribution in [3.63, 3.8) is 0 Å². The van der Waals surface area contributed by atoms with Gasteiger partial charge in [-0.3, -0.25) is 4.79 Å². The lowest BCUT2D eigenvalue weighted by Crippen LogP contribution is -2.14. The number of thiophene rings is 1. The lowest BCUT2D eigenvalue weighted by Gasteiger charge is -2.17. The fourth-order valence-electron chi connectivity index (χ4n) is 3.65. The molecule has 0 spiro atoms. The summed E-state index contributed by atoms with van der Waals surface area (Å²) in [5, 5.41) is 16.5. The number of nitrogens with one attached hydrogen (secondary N) is 1. The molecule has 0 saturated carbocycles. The minimum Gasteiger partial charge on any atom is -0.383 e. The average Bonchev–Trinajstić information content (AvgIpc) is 3.35. The topological polar surface area (TPSA) is 67.0 Å². The monoisotopic (exact) mass is 419 g/mol. The molecule has 2 heterocycles. The third kappa shape index (κ3) is 4.70. The summed E-state index contributed by atoms with van der Waals surface area (Å²) in [5.41, 5.74) is 5.76. The van der Waals surface area contributed by atoms with Crippen LogP contribution in [0.3, 0.4) is 0 Å². The van der Waals surface area contributed by atoms with Crippen molar-refractivity contribution in [1.82, 2.24) is 4.57 Å². The number of nitriles is 1. The van der Waals surface area contributed by atoms with Crippen molar-refractivity contribution in [2.45, 2.75) is 26.8 Å². The summed E-state index contributed by atoms with van der Waals surface area (Å²) in [6.45, 7) is 6.67. The normalized spacial score (nSPS) is 12.4. The number of aryl methyl sites for hydroxylation is 1. The van der Waals surface area contributed by atoms with E-state index in [9.17, 15) is 10.1 Å². The van der Waals surface area contributed by atoms with E-state index in [-0.39, 0.29) is 11.6 Å². The van der Waals surface area contributed by atoms with Gasteiger partial charge >= 0.3 is 0 Å². The summed E-state index contributed by atoms with van der Waals surface area (Å²) < 4.78 is 7.43. The van der Waals surface area contributed by atoms with Crippen molar-refractivity contribution in [2.75, 3.05) is 19.0 Å². The highest BCUT2D eigenvalue weighted by molar-refractivity contribution is 7.08. The van der Waals surface area contributed by atoms with Crippen LogP contribution in [0.15, 0.2) is 52.7 Å². The van der Waals surface area contributed by atoms with Crippen LogP contribution in [0.5, 0.6) is 0 Å². The molecule has 2 aromatic heterocycles. The summed E-state index contributed by atoms with van der Waals surface area (Å²) in [6.07, 6.45) is 1.65. The number of carbonyl (C=O) groups is 1. The molecule has 0 radical (unpaired) electrons. The fourth-order valence-corrected chi connectivity index (χ4v) is 4.32. The standard InChI is InChI=1S/C24H25N3O2S/c1-16-10-21(18(3)27(16)17(2)14-29-4)11-22(13-25)24(28)26-23-7-5-6-19(12-23)20-8-9-30-15-20/h5-12,15,17H,14H2,1-4H3,(H,26,28)/b22-11-. The fraction of sp³-hybridized carbons (Fsp3) is 0.250. The number of hydrogen-bond acceptors (Lipinski definition) is 4. The third-order valence-corrected chi connectivity index (χ3v) is 5.70. The Morgan fingerprint density at radius 1 is 1.30 bits per heavy atom. The second-order valence-electron chi connectivity index (χ2n) is 7.22. The number of nitrogens with zero attached hydrogens (tertiary/aromatic N) is 2. The zero-order valence-corrected chi connectivity index (χ0v) is 18.4. The van der Waals surface area contributed by atoms with Crippen LogP contribution in [0.2, 0.25) is 0 Å². The Morgan fingerprint density at radius 3 is 2.77 bits per heavy atom. The molecule has 3 aromatic rings. The van der Waals surface area contributed by atoms with Crippen LogP contribution in [0, 0.1) is 25.2 Å². The molecule has 1 N–H and O–H groups in total. The number of amides is 1. The lowest BCUT2D eigenvalue weighted by atomic mass is 10.1. The molecule has 0 aliphatic heterocycles. The van der Waals surface area contributed by atoms with Crippen LogP contribution in [0.25, 0.3) is 17.2 Å². The lowest BCUT2D eigenvalue weighted by molar-refractivity contribution is -0.112. The van der Waals surface area contributed by atoms with E-state index in [0.29, 0.717) is 12.3 Å². The second-order valence-corrected chi connectivity index (χ2v) is 8.00. The van der Waals surface area contributed by atoms with Gasteiger partial charge in [0.15, 0.2) is 0 Å². The van der Waals surface area contributed by atoms with Gasteiger partial charge in [-0.2, -0.15) is 16.6 Å². The van der Waals surface area contributed by atoms with Gasteiger partial charge in [0.1, 0.15) is 11.6 Å². The van der Waals surface area contributed by atoms with Crippen LogP contribution in [0.4, 0.5) is 5.69 Å². The van der Waals surface area contributed by atoms with Crippen molar-refractivity contribution in [1.29, 1.82) is 5.26 Å². The summed E-state index contributed by atoms with van der Waals surface area (Å²) in [7, 11) is 1.68.